The summed E-state index contributed by atoms with van der Waals surface area (Å²) in [4.78, 5) is 25.6. The molecule has 0 aromatic heterocycles. The van der Waals surface area contributed by atoms with E-state index < -0.39 is 5.41 Å². The zero-order chi connectivity index (χ0) is 28.3. The van der Waals surface area contributed by atoms with Crippen molar-refractivity contribution >= 4 is 11.8 Å². The number of ketones is 1. The topological polar surface area (TPSA) is 74.4 Å². The fourth-order valence-corrected chi connectivity index (χ4v) is 10.6. The third-order valence-corrected chi connectivity index (χ3v) is 12.6. The quantitative estimate of drug-likeness (QED) is 0.246. The highest BCUT2D eigenvalue weighted by molar-refractivity contribution is 5.95. The Bertz CT molecular complexity index is 1140. The van der Waals surface area contributed by atoms with Gasteiger partial charge in [-0.05, 0) is 80.6 Å². The highest BCUT2D eigenvalue weighted by atomic mass is 16.7. The van der Waals surface area contributed by atoms with Gasteiger partial charge in [-0.25, -0.2) is 0 Å². The minimum atomic E-state index is -0.489. The molecule has 6 rings (SSSR count). The van der Waals surface area contributed by atoms with Gasteiger partial charge in [0.25, 0.3) is 0 Å². The molecule has 6 aliphatic rings. The SMILES string of the molecule is CO[C@@H]1O[C@@H]([C@@H]2OC2(C)C)C[C@H]1[C@@H]1CC=C2[C@@]3(C)[C@H](CC[C@]21C)[C@@]1(C)C=CC(=O)C(C)(C)[C@@H]1C[C@H]3OC(C)=O. The number of rotatable bonds is 4. The van der Waals surface area contributed by atoms with Gasteiger partial charge in [0, 0.05) is 30.8 Å². The molecule has 2 saturated heterocycles. The summed E-state index contributed by atoms with van der Waals surface area (Å²) in [5, 5.41) is 0. The Kier molecular flexibility index (Phi) is 6.04. The molecule has 2 heterocycles. The number of esters is 1. The van der Waals surface area contributed by atoms with E-state index in [4.69, 9.17) is 18.9 Å². The summed E-state index contributed by atoms with van der Waals surface area (Å²) in [5.74, 6) is 1.02. The first-order chi connectivity index (χ1) is 18.1. The molecule has 0 aromatic carbocycles. The summed E-state index contributed by atoms with van der Waals surface area (Å²) < 4.78 is 24.6. The molecule has 0 N–H and O–H groups in total. The predicted molar refractivity (Wildman–Crippen MR) is 148 cm³/mol. The fourth-order valence-electron chi connectivity index (χ4n) is 10.6. The summed E-state index contributed by atoms with van der Waals surface area (Å²) >= 11 is 0. The minimum absolute atomic E-state index is 0.0316. The van der Waals surface area contributed by atoms with Crippen LogP contribution in [-0.4, -0.2) is 49.1 Å². The van der Waals surface area contributed by atoms with Crippen LogP contribution in [-0.2, 0) is 28.5 Å². The van der Waals surface area contributed by atoms with Crippen molar-refractivity contribution in [3.8, 4) is 0 Å². The van der Waals surface area contributed by atoms with E-state index in [9.17, 15) is 9.59 Å². The first-order valence-corrected chi connectivity index (χ1v) is 15.1. The molecule has 216 valence electrons. The minimum Gasteiger partial charge on any atom is -0.462 e. The first kappa shape index (κ1) is 27.7. The third-order valence-electron chi connectivity index (χ3n) is 12.6. The van der Waals surface area contributed by atoms with Crippen LogP contribution in [0.5, 0.6) is 0 Å². The molecule has 4 aliphatic carbocycles. The molecule has 6 nitrogen and oxygen atoms in total. The Morgan fingerprint density at radius 2 is 1.74 bits per heavy atom. The maximum absolute atomic E-state index is 13.0. The van der Waals surface area contributed by atoms with Gasteiger partial charge >= 0.3 is 5.97 Å². The van der Waals surface area contributed by atoms with Crippen molar-refractivity contribution in [1.29, 1.82) is 0 Å². The Morgan fingerprint density at radius 3 is 2.36 bits per heavy atom. The van der Waals surface area contributed by atoms with E-state index in [2.05, 4.69) is 60.6 Å². The van der Waals surface area contributed by atoms with E-state index in [1.165, 1.54) is 12.5 Å². The highest BCUT2D eigenvalue weighted by Gasteiger charge is 2.69. The van der Waals surface area contributed by atoms with Crippen LogP contribution in [0.1, 0.15) is 87.5 Å². The molecule has 2 aliphatic heterocycles. The number of epoxide rings is 1. The lowest BCUT2D eigenvalue weighted by atomic mass is 9.38. The molecule has 0 aromatic rings. The molecule has 0 unspecified atom stereocenters. The smallest absolute Gasteiger partial charge is 0.302 e. The molecule has 39 heavy (non-hydrogen) atoms. The van der Waals surface area contributed by atoms with Crippen LogP contribution in [0.2, 0.25) is 0 Å². The van der Waals surface area contributed by atoms with Crippen molar-refractivity contribution in [3.63, 3.8) is 0 Å². The summed E-state index contributed by atoms with van der Waals surface area (Å²) in [5.41, 5.74) is 0.358. The molecule has 0 spiro atoms. The Labute approximate surface area is 234 Å². The molecular weight excluding hydrogens is 492 g/mol. The summed E-state index contributed by atoms with van der Waals surface area (Å²) in [6, 6.07) is 0. The molecular formula is C33H48O6. The number of hydrogen-bond acceptors (Lipinski definition) is 6. The van der Waals surface area contributed by atoms with Gasteiger partial charge in [0.15, 0.2) is 12.1 Å². The van der Waals surface area contributed by atoms with E-state index in [0.717, 1.165) is 25.7 Å². The maximum atomic E-state index is 13.0. The van der Waals surface area contributed by atoms with E-state index >= 15 is 0 Å². The second-order valence-corrected chi connectivity index (χ2v) is 15.2. The summed E-state index contributed by atoms with van der Waals surface area (Å²) in [6.07, 6.45) is 11.0. The second-order valence-electron chi connectivity index (χ2n) is 15.2. The van der Waals surface area contributed by atoms with E-state index in [1.54, 1.807) is 7.11 Å². The van der Waals surface area contributed by atoms with Crippen molar-refractivity contribution in [2.75, 3.05) is 7.11 Å². The largest absolute Gasteiger partial charge is 0.462 e. The summed E-state index contributed by atoms with van der Waals surface area (Å²) in [7, 11) is 1.76. The normalized spacial score (nSPS) is 51.0. The van der Waals surface area contributed by atoms with Crippen molar-refractivity contribution < 1.29 is 28.5 Å². The highest BCUT2D eigenvalue weighted by Crippen LogP contribution is 2.73. The van der Waals surface area contributed by atoms with E-state index in [0.29, 0.717) is 12.3 Å². The molecule has 11 atom stereocenters. The number of allylic oxidation sites excluding steroid dienone is 3. The third kappa shape index (κ3) is 3.69. The van der Waals surface area contributed by atoms with Crippen molar-refractivity contribution in [1.82, 2.24) is 0 Å². The molecule has 2 saturated carbocycles. The van der Waals surface area contributed by atoms with Gasteiger partial charge in [0.2, 0.25) is 0 Å². The first-order valence-electron chi connectivity index (χ1n) is 15.1. The number of methoxy groups -OCH3 is 1. The van der Waals surface area contributed by atoms with Crippen LogP contribution in [0.15, 0.2) is 23.8 Å². The predicted octanol–water partition coefficient (Wildman–Crippen LogP) is 6.03. The average Bonchev–Trinajstić information content (AvgIpc) is 3.16. The Hall–Kier alpha value is -1.50. The maximum Gasteiger partial charge on any atom is 0.302 e. The summed E-state index contributed by atoms with van der Waals surface area (Å²) in [6.45, 7) is 17.1. The Balaban J connectivity index is 1.37. The van der Waals surface area contributed by atoms with Crippen LogP contribution in [0, 0.1) is 45.3 Å². The van der Waals surface area contributed by atoms with Crippen LogP contribution in [0.25, 0.3) is 0 Å². The van der Waals surface area contributed by atoms with Crippen LogP contribution in [0.3, 0.4) is 0 Å². The Morgan fingerprint density at radius 1 is 1.05 bits per heavy atom. The lowest BCUT2D eigenvalue weighted by Crippen LogP contribution is -2.64. The molecule has 0 radical (unpaired) electrons. The molecule has 0 amide bonds. The monoisotopic (exact) mass is 540 g/mol. The van der Waals surface area contributed by atoms with Gasteiger partial charge in [-0.1, -0.05) is 52.3 Å². The van der Waals surface area contributed by atoms with Crippen molar-refractivity contribution in [3.05, 3.63) is 23.8 Å². The number of carbonyl (C=O) groups is 2. The van der Waals surface area contributed by atoms with Gasteiger partial charge in [0.1, 0.15) is 12.2 Å². The van der Waals surface area contributed by atoms with Crippen LogP contribution < -0.4 is 0 Å². The van der Waals surface area contributed by atoms with Gasteiger partial charge in [-0.15, -0.1) is 0 Å². The number of carbonyl (C=O) groups excluding carboxylic acids is 2. The number of hydrogen-bond donors (Lipinski definition) is 0. The van der Waals surface area contributed by atoms with Crippen LogP contribution in [0.4, 0.5) is 0 Å². The van der Waals surface area contributed by atoms with Crippen molar-refractivity contribution in [2.45, 2.75) is 118 Å². The standard InChI is InChI=1S/C33H48O6/c1-18(34)37-26-17-24-29(2,3)25(35)13-15-32(24,7)23-12-14-31(6)20(10-11-22(31)33(23,26)8)19-16-21(38-28(19)36-9)27-30(4,5)39-27/h11,13,15,19-21,23-24,26-28H,10,12,14,16-17H2,1-9H3/t19-,20-,21+,23+,24-,26+,27-,28+,31-,32+,33-/m0/s1. The zero-order valence-electron chi connectivity index (χ0n) is 25.3. The average molecular weight is 541 g/mol. The molecule has 6 heteroatoms. The van der Waals surface area contributed by atoms with Gasteiger partial charge < -0.3 is 18.9 Å². The second kappa shape index (κ2) is 8.51. The van der Waals surface area contributed by atoms with Crippen molar-refractivity contribution in [2.24, 2.45) is 45.3 Å². The number of ether oxygens (including phenoxy) is 4. The van der Waals surface area contributed by atoms with Crippen LogP contribution >= 0.6 is 0 Å². The van der Waals surface area contributed by atoms with Gasteiger partial charge in [0.05, 0.1) is 11.7 Å². The lowest BCUT2D eigenvalue weighted by molar-refractivity contribution is -0.190. The van der Waals surface area contributed by atoms with E-state index in [1.807, 2.05) is 6.08 Å². The fraction of sp³-hybridized carbons (Fsp3) is 0.818. The van der Waals surface area contributed by atoms with Gasteiger partial charge in [-0.2, -0.15) is 0 Å². The molecule has 0 bridgehead atoms. The molecule has 4 fully saturated rings. The lowest BCUT2D eigenvalue weighted by Gasteiger charge is -2.66. The van der Waals surface area contributed by atoms with Gasteiger partial charge in [-0.3, -0.25) is 9.59 Å². The number of fused-ring (bicyclic) bond motifs is 5. The van der Waals surface area contributed by atoms with E-state index in [-0.39, 0.29) is 76.0 Å². The zero-order valence-corrected chi connectivity index (χ0v) is 25.3.